The van der Waals surface area contributed by atoms with Crippen molar-refractivity contribution < 1.29 is 9.53 Å². The van der Waals surface area contributed by atoms with Crippen molar-refractivity contribution in [2.45, 2.75) is 13.3 Å². The number of methoxy groups -OCH3 is 1. The van der Waals surface area contributed by atoms with Gasteiger partial charge in [0.05, 0.1) is 13.2 Å². The summed E-state index contributed by atoms with van der Waals surface area (Å²) in [5, 5.41) is 11.9. The molecule has 1 atom stereocenters. The van der Waals surface area contributed by atoms with Crippen LogP contribution in [0, 0.1) is 24.2 Å². The molecule has 0 fully saturated rings. The lowest BCUT2D eigenvalue weighted by Crippen LogP contribution is -2.24. The van der Waals surface area contributed by atoms with Crippen LogP contribution in [0.4, 0.5) is 5.82 Å². The van der Waals surface area contributed by atoms with Crippen LogP contribution in [0.1, 0.15) is 11.3 Å². The Balaban J connectivity index is 2.04. The number of aromatic nitrogens is 1. The van der Waals surface area contributed by atoms with Gasteiger partial charge < -0.3 is 10.1 Å². The minimum Gasteiger partial charge on any atom is -0.497 e. The number of carbonyl (C=O) groups excluding carboxylic acids is 1. The highest BCUT2D eigenvalue weighted by Crippen LogP contribution is 2.16. The number of ether oxygens (including phenoxy) is 1. The first-order valence-electron chi connectivity index (χ1n) is 6.89. The third-order valence-corrected chi connectivity index (χ3v) is 3.21. The minimum atomic E-state index is -0.768. The van der Waals surface area contributed by atoms with E-state index < -0.39 is 5.92 Å². The summed E-state index contributed by atoms with van der Waals surface area (Å²) in [5.74, 6) is 0.0813. The molecule has 112 valence electrons. The van der Waals surface area contributed by atoms with Gasteiger partial charge in [0.2, 0.25) is 5.91 Å². The zero-order chi connectivity index (χ0) is 15.9. The van der Waals surface area contributed by atoms with Crippen LogP contribution in [-0.4, -0.2) is 18.0 Å². The molecule has 1 N–H and O–H groups in total. The zero-order valence-corrected chi connectivity index (χ0v) is 12.5. The Kier molecular flexibility index (Phi) is 5.10. The summed E-state index contributed by atoms with van der Waals surface area (Å²) in [5.41, 5.74) is 1.71. The fourth-order valence-corrected chi connectivity index (χ4v) is 2.02. The predicted molar refractivity (Wildman–Crippen MR) is 83.4 cm³/mol. The molecular formula is C17H17N3O2. The van der Waals surface area contributed by atoms with Gasteiger partial charge in [0.1, 0.15) is 17.5 Å². The van der Waals surface area contributed by atoms with Gasteiger partial charge in [-0.05, 0) is 43.2 Å². The van der Waals surface area contributed by atoms with Gasteiger partial charge in [-0.3, -0.25) is 4.79 Å². The lowest BCUT2D eigenvalue weighted by atomic mass is 10.00. The molecule has 0 spiro atoms. The van der Waals surface area contributed by atoms with Crippen molar-refractivity contribution in [2.24, 2.45) is 5.92 Å². The van der Waals surface area contributed by atoms with E-state index in [0.29, 0.717) is 12.2 Å². The summed E-state index contributed by atoms with van der Waals surface area (Å²) < 4.78 is 5.09. The van der Waals surface area contributed by atoms with Gasteiger partial charge in [-0.15, -0.1) is 0 Å². The standard InChI is InChI=1S/C17H17N3O2/c1-12-4-3-5-16(19-12)20-17(21)14(11-18)10-13-6-8-15(22-2)9-7-13/h3-9,14H,10H2,1-2H3,(H,19,20,21)/t14-/m1/s1. The molecule has 1 aromatic heterocycles. The number of amides is 1. The third-order valence-electron chi connectivity index (χ3n) is 3.21. The summed E-state index contributed by atoms with van der Waals surface area (Å²) in [6.07, 6.45) is 0.345. The van der Waals surface area contributed by atoms with E-state index in [4.69, 9.17) is 4.74 Å². The van der Waals surface area contributed by atoms with Crippen LogP contribution in [0.3, 0.4) is 0 Å². The Morgan fingerprint density at radius 2 is 2.05 bits per heavy atom. The number of nitrogens with zero attached hydrogens (tertiary/aromatic N) is 2. The number of anilines is 1. The van der Waals surface area contributed by atoms with E-state index in [1.54, 1.807) is 13.2 Å². The van der Waals surface area contributed by atoms with Crippen LogP contribution in [0.2, 0.25) is 0 Å². The number of nitrogens with one attached hydrogen (secondary N) is 1. The molecule has 0 saturated carbocycles. The SMILES string of the molecule is COc1ccc(C[C@H](C#N)C(=O)Nc2cccc(C)n2)cc1. The summed E-state index contributed by atoms with van der Waals surface area (Å²) in [7, 11) is 1.59. The number of rotatable bonds is 5. The molecule has 22 heavy (non-hydrogen) atoms. The lowest BCUT2D eigenvalue weighted by molar-refractivity contribution is -0.118. The molecule has 1 amide bonds. The highest BCUT2D eigenvalue weighted by molar-refractivity contribution is 5.93. The Labute approximate surface area is 129 Å². The Hall–Kier alpha value is -2.87. The van der Waals surface area contributed by atoms with Crippen molar-refractivity contribution in [1.29, 1.82) is 5.26 Å². The maximum atomic E-state index is 12.2. The molecule has 0 aliphatic rings. The monoisotopic (exact) mass is 295 g/mol. The van der Waals surface area contributed by atoms with Crippen molar-refractivity contribution in [2.75, 3.05) is 12.4 Å². The quantitative estimate of drug-likeness (QED) is 0.920. The van der Waals surface area contributed by atoms with E-state index in [1.165, 1.54) is 0 Å². The van der Waals surface area contributed by atoms with Crippen molar-refractivity contribution in [3.8, 4) is 11.8 Å². The van der Waals surface area contributed by atoms with E-state index in [1.807, 2.05) is 49.4 Å². The summed E-state index contributed by atoms with van der Waals surface area (Å²) in [6, 6.07) is 14.7. The molecule has 1 heterocycles. The van der Waals surface area contributed by atoms with Gasteiger partial charge in [0.25, 0.3) is 0 Å². The molecule has 5 nitrogen and oxygen atoms in total. The average Bonchev–Trinajstić information content (AvgIpc) is 2.53. The Morgan fingerprint density at radius 1 is 1.32 bits per heavy atom. The van der Waals surface area contributed by atoms with E-state index in [9.17, 15) is 10.1 Å². The van der Waals surface area contributed by atoms with E-state index in [0.717, 1.165) is 17.0 Å². The van der Waals surface area contributed by atoms with E-state index in [-0.39, 0.29) is 5.91 Å². The number of aryl methyl sites for hydroxylation is 1. The third kappa shape index (κ3) is 4.06. The first kappa shape index (κ1) is 15.5. The highest BCUT2D eigenvalue weighted by Gasteiger charge is 2.19. The molecule has 0 aliphatic heterocycles. The number of hydrogen-bond donors (Lipinski definition) is 1. The molecule has 0 saturated heterocycles. The topological polar surface area (TPSA) is 75.0 Å². The largest absolute Gasteiger partial charge is 0.497 e. The second-order valence-electron chi connectivity index (χ2n) is 4.89. The van der Waals surface area contributed by atoms with Gasteiger partial charge in [-0.25, -0.2) is 4.98 Å². The Morgan fingerprint density at radius 3 is 2.64 bits per heavy atom. The van der Waals surface area contributed by atoms with Crippen molar-refractivity contribution >= 4 is 11.7 Å². The molecule has 0 radical (unpaired) electrons. The number of pyridine rings is 1. The molecule has 2 rings (SSSR count). The molecule has 5 heteroatoms. The first-order chi connectivity index (χ1) is 10.6. The van der Waals surface area contributed by atoms with Gasteiger partial charge in [-0.2, -0.15) is 5.26 Å². The second kappa shape index (κ2) is 7.23. The van der Waals surface area contributed by atoms with E-state index >= 15 is 0 Å². The highest BCUT2D eigenvalue weighted by atomic mass is 16.5. The maximum Gasteiger partial charge on any atom is 0.243 e. The summed E-state index contributed by atoms with van der Waals surface area (Å²) >= 11 is 0. The zero-order valence-electron chi connectivity index (χ0n) is 12.5. The predicted octanol–water partition coefficient (Wildman–Crippen LogP) is 2.72. The van der Waals surface area contributed by atoms with Crippen LogP contribution in [0.15, 0.2) is 42.5 Å². The molecule has 0 bridgehead atoms. The number of hydrogen-bond acceptors (Lipinski definition) is 4. The van der Waals surface area contributed by atoms with Crippen LogP contribution >= 0.6 is 0 Å². The van der Waals surface area contributed by atoms with Crippen molar-refractivity contribution in [3.63, 3.8) is 0 Å². The molecule has 2 aromatic rings. The molecule has 1 aromatic carbocycles. The maximum absolute atomic E-state index is 12.2. The van der Waals surface area contributed by atoms with Crippen molar-refractivity contribution in [1.82, 2.24) is 4.98 Å². The van der Waals surface area contributed by atoms with Gasteiger partial charge in [0.15, 0.2) is 0 Å². The van der Waals surface area contributed by atoms with E-state index in [2.05, 4.69) is 10.3 Å². The van der Waals surface area contributed by atoms with Gasteiger partial charge in [-0.1, -0.05) is 18.2 Å². The molecule has 0 aliphatic carbocycles. The summed E-state index contributed by atoms with van der Waals surface area (Å²) in [4.78, 5) is 16.4. The van der Waals surface area contributed by atoms with Crippen LogP contribution < -0.4 is 10.1 Å². The van der Waals surface area contributed by atoms with Gasteiger partial charge in [0, 0.05) is 5.69 Å². The lowest BCUT2D eigenvalue weighted by Gasteiger charge is -2.10. The fourth-order valence-electron chi connectivity index (χ4n) is 2.02. The van der Waals surface area contributed by atoms with Crippen molar-refractivity contribution in [3.05, 3.63) is 53.7 Å². The number of benzene rings is 1. The first-order valence-corrected chi connectivity index (χ1v) is 6.89. The normalized spacial score (nSPS) is 11.3. The molecular weight excluding hydrogens is 278 g/mol. The minimum absolute atomic E-state index is 0.345. The van der Waals surface area contributed by atoms with Crippen LogP contribution in [0.25, 0.3) is 0 Å². The second-order valence-corrected chi connectivity index (χ2v) is 4.89. The summed E-state index contributed by atoms with van der Waals surface area (Å²) in [6.45, 7) is 1.84. The number of nitriles is 1. The fraction of sp³-hybridized carbons (Fsp3) is 0.235. The van der Waals surface area contributed by atoms with Crippen LogP contribution in [-0.2, 0) is 11.2 Å². The van der Waals surface area contributed by atoms with Gasteiger partial charge >= 0.3 is 0 Å². The average molecular weight is 295 g/mol. The Bertz CT molecular complexity index is 690. The number of carbonyl (C=O) groups is 1. The molecule has 0 unspecified atom stereocenters. The smallest absolute Gasteiger partial charge is 0.243 e. The van der Waals surface area contributed by atoms with Crippen LogP contribution in [0.5, 0.6) is 5.75 Å².